The number of carbonyl (C=O) groups excluding carboxylic acids is 4. The summed E-state index contributed by atoms with van der Waals surface area (Å²) in [4.78, 5) is 53.9. The van der Waals surface area contributed by atoms with E-state index in [4.69, 9.17) is 0 Å². The van der Waals surface area contributed by atoms with Crippen molar-refractivity contribution >= 4 is 23.6 Å². The van der Waals surface area contributed by atoms with Gasteiger partial charge >= 0.3 is 0 Å². The number of para-hydroxylation sites is 1. The first-order valence-electron chi connectivity index (χ1n) is 10.3. The van der Waals surface area contributed by atoms with Crippen molar-refractivity contribution in [1.29, 1.82) is 0 Å². The van der Waals surface area contributed by atoms with Crippen molar-refractivity contribution in [1.82, 2.24) is 9.80 Å². The summed E-state index contributed by atoms with van der Waals surface area (Å²) in [6.45, 7) is 1.80. The Labute approximate surface area is 174 Å². The number of hydrogen-bond donors (Lipinski definition) is 1. The molecule has 2 heterocycles. The van der Waals surface area contributed by atoms with Crippen molar-refractivity contribution in [2.75, 3.05) is 14.1 Å². The van der Waals surface area contributed by atoms with Crippen LogP contribution in [0.1, 0.15) is 29.9 Å². The highest BCUT2D eigenvalue weighted by atomic mass is 16.3. The highest BCUT2D eigenvalue weighted by molar-refractivity contribution is 6.07. The Morgan fingerprint density at radius 2 is 1.50 bits per heavy atom. The number of hydrogen-bond acceptors (Lipinski definition) is 5. The number of phenolic OH excluding ortho intramolecular Hbond substituents is 1. The molecule has 3 fully saturated rings. The molecule has 7 nitrogen and oxygen atoms in total. The molecule has 2 aliphatic heterocycles. The number of likely N-dealkylation sites (tertiary alicyclic amines) is 2. The molecule has 2 saturated heterocycles. The van der Waals surface area contributed by atoms with Gasteiger partial charge in [0.25, 0.3) is 0 Å². The van der Waals surface area contributed by atoms with Crippen LogP contribution in [0.3, 0.4) is 0 Å². The van der Waals surface area contributed by atoms with Crippen LogP contribution in [-0.4, -0.2) is 52.6 Å². The van der Waals surface area contributed by atoms with Crippen LogP contribution in [0.25, 0.3) is 0 Å². The summed E-state index contributed by atoms with van der Waals surface area (Å²) in [6, 6.07) is 5.42. The van der Waals surface area contributed by atoms with Crippen LogP contribution in [0.4, 0.5) is 0 Å². The van der Waals surface area contributed by atoms with Gasteiger partial charge in [-0.25, -0.2) is 0 Å². The molecule has 0 aromatic heterocycles. The van der Waals surface area contributed by atoms with Crippen molar-refractivity contribution in [3.63, 3.8) is 0 Å². The molecule has 156 valence electrons. The zero-order valence-corrected chi connectivity index (χ0v) is 17.2. The molecule has 4 amide bonds. The zero-order valence-electron chi connectivity index (χ0n) is 17.2. The lowest BCUT2D eigenvalue weighted by atomic mass is 9.57. The number of nitrogens with zero attached hydrogens (tertiary/aromatic N) is 2. The lowest BCUT2D eigenvalue weighted by molar-refractivity contribution is -0.140. The van der Waals surface area contributed by atoms with Gasteiger partial charge < -0.3 is 5.11 Å². The number of phenols is 1. The van der Waals surface area contributed by atoms with Crippen molar-refractivity contribution < 1.29 is 24.3 Å². The third-order valence-electron chi connectivity index (χ3n) is 7.69. The van der Waals surface area contributed by atoms with Gasteiger partial charge in [-0.3, -0.25) is 29.0 Å². The molecule has 6 unspecified atom stereocenters. The van der Waals surface area contributed by atoms with Gasteiger partial charge in [0, 0.05) is 25.6 Å². The molecule has 5 rings (SSSR count). The second-order valence-corrected chi connectivity index (χ2v) is 9.01. The second-order valence-electron chi connectivity index (χ2n) is 9.01. The van der Waals surface area contributed by atoms with Gasteiger partial charge in [0.1, 0.15) is 5.75 Å². The van der Waals surface area contributed by atoms with Crippen molar-refractivity contribution in [3.8, 4) is 5.75 Å². The lowest BCUT2D eigenvalue weighted by Crippen LogP contribution is -2.43. The molecule has 1 aromatic carbocycles. The molecule has 0 radical (unpaired) electrons. The van der Waals surface area contributed by atoms with Crippen molar-refractivity contribution in [2.45, 2.75) is 25.7 Å². The predicted molar refractivity (Wildman–Crippen MR) is 106 cm³/mol. The maximum absolute atomic E-state index is 13.1. The van der Waals surface area contributed by atoms with Gasteiger partial charge in [-0.1, -0.05) is 29.8 Å². The zero-order chi connectivity index (χ0) is 21.5. The molecular weight excluding hydrogens is 384 g/mol. The van der Waals surface area contributed by atoms with E-state index >= 15 is 0 Å². The Hall–Kier alpha value is -2.96. The lowest BCUT2D eigenvalue weighted by Gasteiger charge is -2.44. The maximum atomic E-state index is 13.1. The van der Waals surface area contributed by atoms with Crippen LogP contribution in [0.5, 0.6) is 5.75 Å². The van der Waals surface area contributed by atoms with Gasteiger partial charge in [0.15, 0.2) is 0 Å². The number of fused-ring (bicyclic) bond motifs is 4. The monoisotopic (exact) mass is 408 g/mol. The van der Waals surface area contributed by atoms with Gasteiger partial charge in [0.2, 0.25) is 23.6 Å². The fourth-order valence-electron chi connectivity index (χ4n) is 6.18. The van der Waals surface area contributed by atoms with E-state index in [1.54, 1.807) is 19.1 Å². The fraction of sp³-hybridized carbons (Fsp3) is 0.478. The van der Waals surface area contributed by atoms with Crippen molar-refractivity contribution in [3.05, 3.63) is 41.0 Å². The van der Waals surface area contributed by atoms with Crippen molar-refractivity contribution in [2.24, 2.45) is 29.6 Å². The van der Waals surface area contributed by atoms with Crippen LogP contribution < -0.4 is 0 Å². The molecule has 1 N–H and O–H groups in total. The average Bonchev–Trinajstić information content (AvgIpc) is 3.09. The Balaban J connectivity index is 1.69. The normalized spacial score (nSPS) is 35.4. The second kappa shape index (κ2) is 6.27. The Morgan fingerprint density at radius 1 is 0.867 bits per heavy atom. The third-order valence-corrected chi connectivity index (χ3v) is 7.69. The van der Waals surface area contributed by atoms with Gasteiger partial charge in [0.05, 0.1) is 23.7 Å². The highest BCUT2D eigenvalue weighted by Crippen LogP contribution is 2.58. The quantitative estimate of drug-likeness (QED) is 0.563. The SMILES string of the molecule is Cc1cccc(C2C3=CCC4C(=O)N(C)C(=O)C4C3CC3C(=O)N(C)C(=O)C32)c1O. The third kappa shape index (κ3) is 2.26. The number of amides is 4. The molecule has 30 heavy (non-hydrogen) atoms. The first-order chi connectivity index (χ1) is 14.2. The topological polar surface area (TPSA) is 95.0 Å². The van der Waals surface area contributed by atoms with Crippen LogP contribution in [0, 0.1) is 36.5 Å². The van der Waals surface area contributed by atoms with Gasteiger partial charge in [-0.2, -0.15) is 0 Å². The van der Waals surface area contributed by atoms with Crippen LogP contribution in [0.15, 0.2) is 29.8 Å². The van der Waals surface area contributed by atoms with E-state index in [0.29, 0.717) is 24.0 Å². The Kier molecular flexibility index (Phi) is 3.98. The molecule has 1 saturated carbocycles. The smallest absolute Gasteiger partial charge is 0.233 e. The van der Waals surface area contributed by atoms with Gasteiger partial charge in [-0.05, 0) is 31.2 Å². The summed E-state index contributed by atoms with van der Waals surface area (Å²) >= 11 is 0. The largest absolute Gasteiger partial charge is 0.507 e. The minimum Gasteiger partial charge on any atom is -0.507 e. The molecular formula is C23H24N2O5. The minimum absolute atomic E-state index is 0.116. The molecule has 0 bridgehead atoms. The summed E-state index contributed by atoms with van der Waals surface area (Å²) in [5, 5.41) is 10.8. The molecule has 0 spiro atoms. The van der Waals surface area contributed by atoms with E-state index in [1.165, 1.54) is 23.9 Å². The first kappa shape index (κ1) is 19.0. The van der Waals surface area contributed by atoms with E-state index in [9.17, 15) is 24.3 Å². The predicted octanol–water partition coefficient (Wildman–Crippen LogP) is 1.60. The molecule has 7 heteroatoms. The van der Waals surface area contributed by atoms with Gasteiger partial charge in [-0.15, -0.1) is 0 Å². The minimum atomic E-state index is -0.598. The number of aromatic hydroxyl groups is 1. The van der Waals surface area contributed by atoms with E-state index < -0.39 is 29.6 Å². The standard InChI is InChI=1S/C23H24N2O5/c1-10-5-4-6-12(19(10)26)16-11-7-8-13-17(22(29)24(2)20(13)27)14(11)9-15-18(16)23(30)25(3)21(15)28/h4-7,13-18,26H,8-9H2,1-3H3. The van der Waals surface area contributed by atoms with E-state index in [0.717, 1.165) is 5.57 Å². The number of benzene rings is 1. The Morgan fingerprint density at radius 3 is 2.20 bits per heavy atom. The number of rotatable bonds is 1. The fourth-order valence-corrected chi connectivity index (χ4v) is 6.18. The Bertz CT molecular complexity index is 1040. The van der Waals surface area contributed by atoms with E-state index in [2.05, 4.69) is 0 Å². The summed E-state index contributed by atoms with van der Waals surface area (Å²) < 4.78 is 0. The summed E-state index contributed by atoms with van der Waals surface area (Å²) in [7, 11) is 3.01. The van der Waals surface area contributed by atoms with E-state index in [-0.39, 0.29) is 35.3 Å². The summed E-state index contributed by atoms with van der Waals surface area (Å²) in [6.07, 6.45) is 2.79. The van der Waals surface area contributed by atoms with Crippen LogP contribution in [0.2, 0.25) is 0 Å². The first-order valence-corrected chi connectivity index (χ1v) is 10.3. The van der Waals surface area contributed by atoms with Crippen LogP contribution in [-0.2, 0) is 19.2 Å². The number of carbonyl (C=O) groups is 4. The molecule has 1 aromatic rings. The van der Waals surface area contributed by atoms with E-state index in [1.807, 2.05) is 12.1 Å². The average molecular weight is 408 g/mol. The summed E-state index contributed by atoms with van der Waals surface area (Å²) in [5.74, 6) is -3.61. The number of allylic oxidation sites excluding steroid dienone is 2. The van der Waals surface area contributed by atoms with Crippen LogP contribution >= 0.6 is 0 Å². The number of aryl methyl sites for hydroxylation is 1. The summed E-state index contributed by atoms with van der Waals surface area (Å²) in [5.41, 5.74) is 2.21. The maximum Gasteiger partial charge on any atom is 0.233 e. The number of imide groups is 2. The molecule has 2 aliphatic carbocycles. The highest BCUT2D eigenvalue weighted by Gasteiger charge is 2.61. The molecule has 4 aliphatic rings. The molecule has 6 atom stereocenters.